The van der Waals surface area contributed by atoms with Crippen LogP contribution < -0.4 is 0 Å². The zero-order valence-electron chi connectivity index (χ0n) is 11.2. The zero-order valence-corrected chi connectivity index (χ0v) is 11.2. The van der Waals surface area contributed by atoms with Crippen LogP contribution in [0.1, 0.15) is 35.2 Å². The summed E-state index contributed by atoms with van der Waals surface area (Å²) in [5, 5.41) is 8.74. The van der Waals surface area contributed by atoms with Gasteiger partial charge in [-0.25, -0.2) is 0 Å². The lowest BCUT2D eigenvalue weighted by atomic mass is 10.1. The van der Waals surface area contributed by atoms with E-state index in [0.29, 0.717) is 17.9 Å². The van der Waals surface area contributed by atoms with Gasteiger partial charge in [0.25, 0.3) is 5.91 Å². The monoisotopic (exact) mass is 257 g/mol. The fourth-order valence-electron chi connectivity index (χ4n) is 1.97. The third kappa shape index (κ3) is 3.84. The Bertz CT molecular complexity index is 509. The van der Waals surface area contributed by atoms with Crippen molar-refractivity contribution in [2.24, 2.45) is 5.92 Å². The summed E-state index contributed by atoms with van der Waals surface area (Å²) in [6.07, 6.45) is 2.89. The fourth-order valence-corrected chi connectivity index (χ4v) is 1.97. The van der Waals surface area contributed by atoms with Gasteiger partial charge in [-0.3, -0.25) is 4.79 Å². The van der Waals surface area contributed by atoms with E-state index in [0.717, 1.165) is 12.1 Å². The highest BCUT2D eigenvalue weighted by Gasteiger charge is 2.25. The van der Waals surface area contributed by atoms with Crippen LogP contribution in [0, 0.1) is 17.8 Å². The molecule has 1 aromatic rings. The standard InChI is InChI=1S/C16H19NO2/c1-17(12-13-9-10-13)16(19)15-8-3-2-6-14(15)7-4-5-11-18/h2-3,6,8,13,18H,5,9-12H2,1H3. The van der Waals surface area contributed by atoms with Crippen LogP contribution in [0.3, 0.4) is 0 Å². The van der Waals surface area contributed by atoms with E-state index in [1.807, 2.05) is 31.3 Å². The van der Waals surface area contributed by atoms with E-state index in [4.69, 9.17) is 5.11 Å². The van der Waals surface area contributed by atoms with Crippen LogP contribution >= 0.6 is 0 Å². The van der Waals surface area contributed by atoms with Crippen molar-refractivity contribution in [2.75, 3.05) is 20.2 Å². The minimum atomic E-state index is 0.0285. The number of aliphatic hydroxyl groups is 1. The Morgan fingerprint density at radius 2 is 2.16 bits per heavy atom. The first-order valence-corrected chi connectivity index (χ1v) is 6.66. The molecule has 0 aromatic heterocycles. The topological polar surface area (TPSA) is 40.5 Å². The summed E-state index contributed by atoms with van der Waals surface area (Å²) in [6, 6.07) is 7.40. The second-order valence-electron chi connectivity index (χ2n) is 4.95. The number of nitrogens with zero attached hydrogens (tertiary/aromatic N) is 1. The smallest absolute Gasteiger partial charge is 0.254 e. The van der Waals surface area contributed by atoms with Gasteiger partial charge in [-0.15, -0.1) is 0 Å². The van der Waals surface area contributed by atoms with E-state index in [2.05, 4.69) is 11.8 Å². The Morgan fingerprint density at radius 3 is 2.84 bits per heavy atom. The Labute approximate surface area is 114 Å². The van der Waals surface area contributed by atoms with Crippen molar-refractivity contribution in [3.8, 4) is 11.8 Å². The Balaban J connectivity index is 2.13. The predicted molar refractivity (Wildman–Crippen MR) is 74.7 cm³/mol. The summed E-state index contributed by atoms with van der Waals surface area (Å²) in [6.45, 7) is 0.877. The zero-order chi connectivity index (χ0) is 13.7. The fraction of sp³-hybridized carbons (Fsp3) is 0.438. The summed E-state index contributed by atoms with van der Waals surface area (Å²) in [7, 11) is 1.85. The van der Waals surface area contributed by atoms with Crippen LogP contribution in [0.15, 0.2) is 24.3 Å². The van der Waals surface area contributed by atoms with Crippen LogP contribution in [0.5, 0.6) is 0 Å². The summed E-state index contributed by atoms with van der Waals surface area (Å²) in [4.78, 5) is 14.2. The van der Waals surface area contributed by atoms with Gasteiger partial charge in [0.15, 0.2) is 0 Å². The minimum Gasteiger partial charge on any atom is -0.395 e. The molecule has 1 amide bonds. The minimum absolute atomic E-state index is 0.0285. The largest absolute Gasteiger partial charge is 0.395 e. The number of carbonyl (C=O) groups is 1. The van der Waals surface area contributed by atoms with Crippen LogP contribution in [0.4, 0.5) is 0 Å². The summed E-state index contributed by atoms with van der Waals surface area (Å²) < 4.78 is 0. The quantitative estimate of drug-likeness (QED) is 0.837. The maximum Gasteiger partial charge on any atom is 0.254 e. The molecule has 1 saturated carbocycles. The van der Waals surface area contributed by atoms with E-state index in [-0.39, 0.29) is 12.5 Å². The lowest BCUT2D eigenvalue weighted by Gasteiger charge is -2.17. The van der Waals surface area contributed by atoms with Crippen molar-refractivity contribution >= 4 is 5.91 Å². The van der Waals surface area contributed by atoms with Gasteiger partial charge in [-0.1, -0.05) is 24.0 Å². The van der Waals surface area contributed by atoms with Gasteiger partial charge in [-0.2, -0.15) is 0 Å². The maximum absolute atomic E-state index is 12.4. The van der Waals surface area contributed by atoms with E-state index < -0.39 is 0 Å². The summed E-state index contributed by atoms with van der Waals surface area (Å²) >= 11 is 0. The van der Waals surface area contributed by atoms with Crippen molar-refractivity contribution in [2.45, 2.75) is 19.3 Å². The second-order valence-corrected chi connectivity index (χ2v) is 4.95. The second kappa shape index (κ2) is 6.40. The van der Waals surface area contributed by atoms with Gasteiger partial charge in [0.1, 0.15) is 0 Å². The predicted octanol–water partition coefficient (Wildman–Crippen LogP) is 1.90. The van der Waals surface area contributed by atoms with Gasteiger partial charge >= 0.3 is 0 Å². The molecular weight excluding hydrogens is 238 g/mol. The Hall–Kier alpha value is -1.79. The molecule has 0 bridgehead atoms. The molecule has 0 aliphatic heterocycles. The van der Waals surface area contributed by atoms with E-state index in [1.54, 1.807) is 4.90 Å². The van der Waals surface area contributed by atoms with Crippen LogP contribution in [-0.4, -0.2) is 36.1 Å². The van der Waals surface area contributed by atoms with Crippen molar-refractivity contribution < 1.29 is 9.90 Å². The highest BCUT2D eigenvalue weighted by atomic mass is 16.2. The molecule has 0 saturated heterocycles. The molecule has 1 aromatic carbocycles. The highest BCUT2D eigenvalue weighted by Crippen LogP contribution is 2.29. The molecule has 0 atom stereocenters. The van der Waals surface area contributed by atoms with Crippen LogP contribution in [-0.2, 0) is 0 Å². The van der Waals surface area contributed by atoms with Crippen molar-refractivity contribution in [3.63, 3.8) is 0 Å². The first-order chi connectivity index (χ1) is 9.22. The van der Waals surface area contributed by atoms with E-state index >= 15 is 0 Å². The maximum atomic E-state index is 12.4. The third-order valence-electron chi connectivity index (χ3n) is 3.19. The molecule has 0 heterocycles. The Morgan fingerprint density at radius 1 is 1.42 bits per heavy atom. The number of rotatable bonds is 4. The van der Waals surface area contributed by atoms with Gasteiger partial charge in [0.2, 0.25) is 0 Å². The van der Waals surface area contributed by atoms with Crippen LogP contribution in [0.25, 0.3) is 0 Å². The number of hydrogen-bond donors (Lipinski definition) is 1. The van der Waals surface area contributed by atoms with E-state index in [9.17, 15) is 4.79 Å². The van der Waals surface area contributed by atoms with Crippen molar-refractivity contribution in [3.05, 3.63) is 35.4 Å². The van der Waals surface area contributed by atoms with Crippen LogP contribution in [0.2, 0.25) is 0 Å². The summed E-state index contributed by atoms with van der Waals surface area (Å²) in [5.74, 6) is 6.54. The first kappa shape index (κ1) is 13.6. The molecule has 0 unspecified atom stereocenters. The van der Waals surface area contributed by atoms with E-state index in [1.165, 1.54) is 12.8 Å². The van der Waals surface area contributed by atoms with Crippen molar-refractivity contribution in [1.82, 2.24) is 4.90 Å². The lowest BCUT2D eigenvalue weighted by molar-refractivity contribution is 0.0788. The molecule has 3 heteroatoms. The number of benzene rings is 1. The average molecular weight is 257 g/mol. The van der Waals surface area contributed by atoms with Gasteiger partial charge in [0, 0.05) is 25.6 Å². The molecule has 19 heavy (non-hydrogen) atoms. The number of hydrogen-bond acceptors (Lipinski definition) is 2. The number of carbonyl (C=O) groups excluding carboxylic acids is 1. The molecule has 100 valence electrons. The molecule has 2 rings (SSSR count). The Kier molecular flexibility index (Phi) is 4.59. The third-order valence-corrected chi connectivity index (χ3v) is 3.19. The van der Waals surface area contributed by atoms with Crippen molar-refractivity contribution in [1.29, 1.82) is 0 Å². The molecule has 1 aliphatic rings. The summed E-state index contributed by atoms with van der Waals surface area (Å²) in [5.41, 5.74) is 1.39. The molecule has 3 nitrogen and oxygen atoms in total. The highest BCUT2D eigenvalue weighted by molar-refractivity contribution is 5.96. The molecule has 1 fully saturated rings. The first-order valence-electron chi connectivity index (χ1n) is 6.66. The molecular formula is C16H19NO2. The molecule has 1 N–H and O–H groups in total. The molecule has 1 aliphatic carbocycles. The molecule has 0 radical (unpaired) electrons. The lowest BCUT2D eigenvalue weighted by Crippen LogP contribution is -2.29. The SMILES string of the molecule is CN(CC1CC1)C(=O)c1ccccc1C#CCCO. The van der Waals surface area contributed by atoms with Gasteiger partial charge < -0.3 is 10.0 Å². The average Bonchev–Trinajstić information content (AvgIpc) is 3.23. The number of aliphatic hydroxyl groups excluding tert-OH is 1. The molecule has 0 spiro atoms. The number of amides is 1. The normalized spacial score (nSPS) is 13.6. The van der Waals surface area contributed by atoms with Gasteiger partial charge in [-0.05, 0) is 30.9 Å². The van der Waals surface area contributed by atoms with Gasteiger partial charge in [0.05, 0.1) is 12.2 Å².